The number of carbonyl (C=O) groups is 1. The van der Waals surface area contributed by atoms with Gasteiger partial charge in [-0.2, -0.15) is 5.26 Å². The van der Waals surface area contributed by atoms with Crippen molar-refractivity contribution in [3.63, 3.8) is 0 Å². The molecular formula is C24H29FN4O2. The lowest BCUT2D eigenvalue weighted by Crippen LogP contribution is -2.41. The number of nitrogens with zero attached hydrogens (tertiary/aromatic N) is 2. The number of anilines is 2. The standard InChI is InChI=1S/C17H23NO2.C7H6FN3/c1-17(2)15(13-9-5-3-6-10-13)18(16(19)20-17)14-11-7-4-8-12-14;8-5-2-7(11)6(10)1-4(5)3-9/h3,5-6,9-10,14-15H,4,7-8,11-12H2,1-2H3;1-2H,10-11H2. The molecule has 0 spiro atoms. The number of nitriles is 1. The van der Waals surface area contributed by atoms with Crippen molar-refractivity contribution in [1.82, 2.24) is 4.90 Å². The van der Waals surface area contributed by atoms with Crippen molar-refractivity contribution < 1.29 is 13.9 Å². The Balaban J connectivity index is 0.000000210. The van der Waals surface area contributed by atoms with E-state index in [-0.39, 0.29) is 29.1 Å². The minimum atomic E-state index is -0.640. The molecule has 4 N–H and O–H groups in total. The van der Waals surface area contributed by atoms with Crippen LogP contribution < -0.4 is 11.5 Å². The molecule has 0 aromatic heterocycles. The summed E-state index contributed by atoms with van der Waals surface area (Å²) in [6.07, 6.45) is 5.80. The lowest BCUT2D eigenvalue weighted by atomic mass is 9.87. The first kappa shape index (κ1) is 22.4. The molecule has 1 atom stereocenters. The van der Waals surface area contributed by atoms with Gasteiger partial charge in [-0.1, -0.05) is 49.6 Å². The number of hydrogen-bond donors (Lipinski definition) is 2. The predicted octanol–water partition coefficient (Wildman–Crippen LogP) is 5.15. The van der Waals surface area contributed by atoms with E-state index in [2.05, 4.69) is 12.1 Å². The lowest BCUT2D eigenvalue weighted by molar-refractivity contribution is 0.0665. The second kappa shape index (κ2) is 9.25. The number of halogens is 1. The summed E-state index contributed by atoms with van der Waals surface area (Å²) in [6.45, 7) is 4.04. The first-order valence-corrected chi connectivity index (χ1v) is 10.6. The molecule has 7 heteroatoms. The van der Waals surface area contributed by atoms with Gasteiger partial charge in [0.1, 0.15) is 17.5 Å². The molecule has 2 aromatic rings. The summed E-state index contributed by atoms with van der Waals surface area (Å²) in [6, 6.07) is 14.6. The highest BCUT2D eigenvalue weighted by molar-refractivity contribution is 5.72. The smallest absolute Gasteiger partial charge is 0.411 e. The van der Waals surface area contributed by atoms with Crippen molar-refractivity contribution >= 4 is 17.5 Å². The topological polar surface area (TPSA) is 105 Å². The molecule has 1 heterocycles. The van der Waals surface area contributed by atoms with Gasteiger partial charge in [0.25, 0.3) is 0 Å². The summed E-state index contributed by atoms with van der Waals surface area (Å²) in [7, 11) is 0. The average Bonchev–Trinajstić information content (AvgIpc) is 3.00. The number of benzene rings is 2. The molecule has 2 fully saturated rings. The van der Waals surface area contributed by atoms with E-state index in [9.17, 15) is 9.18 Å². The Morgan fingerprint density at radius 2 is 1.71 bits per heavy atom. The van der Waals surface area contributed by atoms with Crippen LogP contribution >= 0.6 is 0 Å². The monoisotopic (exact) mass is 424 g/mol. The number of nitrogen functional groups attached to an aromatic ring is 2. The summed E-state index contributed by atoms with van der Waals surface area (Å²) in [5.41, 5.74) is 11.6. The molecule has 164 valence electrons. The van der Waals surface area contributed by atoms with Crippen LogP contribution in [0.2, 0.25) is 0 Å². The minimum absolute atomic E-state index is 0.0271. The normalized spacial score (nSPS) is 20.4. The van der Waals surface area contributed by atoms with Gasteiger partial charge in [0, 0.05) is 12.1 Å². The zero-order valence-corrected chi connectivity index (χ0v) is 18.0. The van der Waals surface area contributed by atoms with E-state index in [0.29, 0.717) is 6.04 Å². The molecule has 1 amide bonds. The Hall–Kier alpha value is -3.27. The molecule has 31 heavy (non-hydrogen) atoms. The molecule has 0 radical (unpaired) electrons. The van der Waals surface area contributed by atoms with Crippen LogP contribution in [0.3, 0.4) is 0 Å². The van der Waals surface area contributed by atoms with E-state index in [0.717, 1.165) is 18.9 Å². The molecule has 0 bridgehead atoms. The number of hydrogen-bond acceptors (Lipinski definition) is 5. The van der Waals surface area contributed by atoms with Gasteiger partial charge in [0.2, 0.25) is 0 Å². The quantitative estimate of drug-likeness (QED) is 0.648. The zero-order chi connectivity index (χ0) is 22.6. The predicted molar refractivity (Wildman–Crippen MR) is 118 cm³/mol. The Morgan fingerprint density at radius 1 is 1.10 bits per heavy atom. The van der Waals surface area contributed by atoms with Gasteiger partial charge in [-0.15, -0.1) is 0 Å². The highest BCUT2D eigenvalue weighted by Crippen LogP contribution is 2.44. The van der Waals surface area contributed by atoms with Crippen molar-refractivity contribution in [3.8, 4) is 6.07 Å². The first-order chi connectivity index (χ1) is 14.7. The number of rotatable bonds is 2. The van der Waals surface area contributed by atoms with Crippen LogP contribution in [0.15, 0.2) is 42.5 Å². The number of cyclic esters (lactones) is 1. The third kappa shape index (κ3) is 4.91. The first-order valence-electron chi connectivity index (χ1n) is 10.6. The SMILES string of the molecule is CC1(C)OC(=O)N(C2CCCCC2)C1c1ccccc1.N#Cc1cc(N)c(N)cc1F. The van der Waals surface area contributed by atoms with Crippen LogP contribution in [-0.2, 0) is 4.74 Å². The number of amides is 1. The maximum Gasteiger partial charge on any atom is 0.411 e. The van der Waals surface area contributed by atoms with Gasteiger partial charge in [-0.3, -0.25) is 4.90 Å². The molecule has 1 unspecified atom stereocenters. The summed E-state index contributed by atoms with van der Waals surface area (Å²) >= 11 is 0. The van der Waals surface area contributed by atoms with Gasteiger partial charge in [0.05, 0.1) is 23.0 Å². The highest BCUT2D eigenvalue weighted by atomic mass is 19.1. The van der Waals surface area contributed by atoms with E-state index in [4.69, 9.17) is 21.5 Å². The fraction of sp³-hybridized carbons (Fsp3) is 0.417. The van der Waals surface area contributed by atoms with Gasteiger partial charge < -0.3 is 16.2 Å². The van der Waals surface area contributed by atoms with Crippen LogP contribution in [-0.4, -0.2) is 22.6 Å². The van der Waals surface area contributed by atoms with Gasteiger partial charge in [0.15, 0.2) is 0 Å². The van der Waals surface area contributed by atoms with Crippen LogP contribution in [0.1, 0.15) is 63.1 Å². The van der Waals surface area contributed by atoms with Crippen molar-refractivity contribution in [2.45, 2.75) is 63.6 Å². The average molecular weight is 425 g/mol. The second-order valence-electron chi connectivity index (χ2n) is 8.56. The third-order valence-corrected chi connectivity index (χ3v) is 5.87. The maximum absolute atomic E-state index is 12.7. The molecule has 4 rings (SSSR count). The summed E-state index contributed by atoms with van der Waals surface area (Å²) < 4.78 is 18.3. The second-order valence-corrected chi connectivity index (χ2v) is 8.56. The van der Waals surface area contributed by atoms with Crippen LogP contribution in [0.4, 0.5) is 20.6 Å². The molecule has 1 saturated carbocycles. The Labute approximate surface area is 182 Å². The van der Waals surface area contributed by atoms with E-state index in [1.54, 1.807) is 6.07 Å². The molecule has 1 aliphatic carbocycles. The number of carbonyl (C=O) groups excluding carboxylic acids is 1. The molecular weight excluding hydrogens is 395 g/mol. The van der Waals surface area contributed by atoms with Crippen molar-refractivity contribution in [2.75, 3.05) is 11.5 Å². The van der Waals surface area contributed by atoms with Gasteiger partial charge >= 0.3 is 6.09 Å². The van der Waals surface area contributed by atoms with Gasteiger partial charge in [-0.25, -0.2) is 9.18 Å². The zero-order valence-electron chi connectivity index (χ0n) is 18.0. The highest BCUT2D eigenvalue weighted by Gasteiger charge is 2.50. The molecule has 6 nitrogen and oxygen atoms in total. The minimum Gasteiger partial charge on any atom is -0.441 e. The van der Waals surface area contributed by atoms with Crippen LogP contribution in [0, 0.1) is 17.1 Å². The van der Waals surface area contributed by atoms with Crippen molar-refractivity contribution in [2.24, 2.45) is 0 Å². The maximum atomic E-state index is 12.7. The van der Waals surface area contributed by atoms with E-state index < -0.39 is 11.4 Å². The lowest BCUT2D eigenvalue weighted by Gasteiger charge is -2.36. The van der Waals surface area contributed by atoms with E-state index in [1.807, 2.05) is 36.9 Å². The Bertz CT molecular complexity index is 966. The van der Waals surface area contributed by atoms with E-state index >= 15 is 0 Å². The van der Waals surface area contributed by atoms with Crippen molar-refractivity contribution in [1.29, 1.82) is 5.26 Å². The fourth-order valence-electron chi connectivity index (χ4n) is 4.38. The summed E-state index contributed by atoms with van der Waals surface area (Å²) in [5.74, 6) is -0.640. The molecule has 1 saturated heterocycles. The number of ether oxygens (including phenoxy) is 1. The third-order valence-electron chi connectivity index (χ3n) is 5.87. The Morgan fingerprint density at radius 3 is 2.32 bits per heavy atom. The molecule has 2 aliphatic rings. The Kier molecular flexibility index (Phi) is 6.69. The van der Waals surface area contributed by atoms with Crippen LogP contribution in [0.25, 0.3) is 0 Å². The van der Waals surface area contributed by atoms with E-state index in [1.165, 1.54) is 30.9 Å². The summed E-state index contributed by atoms with van der Waals surface area (Å²) in [4.78, 5) is 14.4. The number of nitrogens with two attached hydrogens (primary N) is 2. The molecule has 1 aliphatic heterocycles. The van der Waals surface area contributed by atoms with Crippen LogP contribution in [0.5, 0.6) is 0 Å². The largest absolute Gasteiger partial charge is 0.441 e. The molecule has 2 aromatic carbocycles. The van der Waals surface area contributed by atoms with Crippen molar-refractivity contribution in [3.05, 3.63) is 59.4 Å². The van der Waals surface area contributed by atoms with Gasteiger partial charge in [-0.05, 0) is 38.3 Å². The summed E-state index contributed by atoms with van der Waals surface area (Å²) in [5, 5.41) is 8.35. The fourth-order valence-corrected chi connectivity index (χ4v) is 4.38.